The number of piperidine rings is 2. The molecule has 4 fully saturated rings. The van der Waals surface area contributed by atoms with Crippen LogP contribution in [0.1, 0.15) is 44.6 Å². The molecular weight excluding hydrogens is 464 g/mol. The van der Waals surface area contributed by atoms with Gasteiger partial charge in [0, 0.05) is 72.4 Å². The first-order valence-corrected chi connectivity index (χ1v) is 12.9. The number of aromatic nitrogens is 5. The number of carbonyl (C=O) groups excluding carboxylic acids is 1. The fourth-order valence-electron chi connectivity index (χ4n) is 7.38. The zero-order chi connectivity index (χ0) is 25.3. The van der Waals surface area contributed by atoms with E-state index in [2.05, 4.69) is 44.7 Å². The third-order valence-corrected chi connectivity index (χ3v) is 8.46. The van der Waals surface area contributed by atoms with Crippen LogP contribution in [0.15, 0.2) is 49.2 Å². The van der Waals surface area contributed by atoms with Crippen LogP contribution in [0.5, 0.6) is 0 Å². The van der Waals surface area contributed by atoms with Crippen molar-refractivity contribution >= 4 is 17.2 Å². The first kappa shape index (κ1) is 22.0. The van der Waals surface area contributed by atoms with Gasteiger partial charge in [0.05, 0.1) is 23.5 Å². The molecule has 2 saturated carbocycles. The van der Waals surface area contributed by atoms with E-state index in [1.807, 2.05) is 31.8 Å². The summed E-state index contributed by atoms with van der Waals surface area (Å²) in [5.74, 6) is 1.74. The van der Waals surface area contributed by atoms with Crippen molar-refractivity contribution in [1.29, 1.82) is 5.26 Å². The Labute approximate surface area is 214 Å². The highest BCUT2D eigenvalue weighted by Crippen LogP contribution is 2.52. The third kappa shape index (κ3) is 3.50. The largest absolute Gasteiger partial charge is 0.351 e. The highest BCUT2D eigenvalue weighted by molar-refractivity contribution is 5.87. The number of aryl methyl sites for hydroxylation is 1. The molecule has 1 amide bonds. The molecule has 9 heteroatoms. The molecule has 4 aliphatic rings. The Balaban J connectivity index is 1.25. The molecule has 0 spiro atoms. The zero-order valence-electron chi connectivity index (χ0n) is 20.9. The van der Waals surface area contributed by atoms with Crippen molar-refractivity contribution in [2.24, 2.45) is 13.0 Å². The van der Waals surface area contributed by atoms with Crippen LogP contribution in [-0.4, -0.2) is 47.9 Å². The summed E-state index contributed by atoms with van der Waals surface area (Å²) in [5, 5.41) is 21.8. The van der Waals surface area contributed by atoms with Gasteiger partial charge in [-0.25, -0.2) is 9.50 Å². The number of fused-ring (bicyclic) bond motifs is 1. The van der Waals surface area contributed by atoms with Gasteiger partial charge in [0.1, 0.15) is 11.9 Å². The molecule has 2 aliphatic heterocycles. The van der Waals surface area contributed by atoms with Crippen molar-refractivity contribution in [2.75, 3.05) is 4.90 Å². The quantitative estimate of drug-likeness (QED) is 0.466. The van der Waals surface area contributed by atoms with E-state index in [0.717, 1.165) is 65.7 Å². The third-order valence-electron chi connectivity index (χ3n) is 8.46. The first-order chi connectivity index (χ1) is 17.9. The molecule has 2 saturated heterocycles. The van der Waals surface area contributed by atoms with E-state index in [0.29, 0.717) is 23.6 Å². The van der Waals surface area contributed by atoms with E-state index in [4.69, 9.17) is 4.98 Å². The lowest BCUT2D eigenvalue weighted by atomic mass is 9.59. The van der Waals surface area contributed by atoms with Crippen LogP contribution in [0.2, 0.25) is 0 Å². The lowest BCUT2D eigenvalue weighted by molar-refractivity contribution is -0.123. The van der Waals surface area contributed by atoms with Crippen molar-refractivity contribution in [3.8, 4) is 28.3 Å². The Bertz CT molecular complexity index is 1560. The van der Waals surface area contributed by atoms with Crippen molar-refractivity contribution in [1.82, 2.24) is 29.7 Å². The van der Waals surface area contributed by atoms with Crippen LogP contribution in [0, 0.1) is 17.2 Å². The van der Waals surface area contributed by atoms with Crippen molar-refractivity contribution < 1.29 is 4.79 Å². The molecule has 4 aromatic heterocycles. The Morgan fingerprint density at radius 1 is 1.05 bits per heavy atom. The Morgan fingerprint density at radius 3 is 2.51 bits per heavy atom. The number of nitrogens with one attached hydrogen (secondary N) is 1. The lowest BCUT2D eigenvalue weighted by Gasteiger charge is -2.62. The second-order valence-electron chi connectivity index (χ2n) is 11.0. The van der Waals surface area contributed by atoms with Crippen molar-refractivity contribution in [3.05, 3.63) is 54.7 Å². The van der Waals surface area contributed by atoms with Crippen molar-refractivity contribution in [2.45, 2.75) is 56.7 Å². The molecule has 9 nitrogen and oxygen atoms in total. The standard InChI is InChI=1S/C28H28N8O/c1-17(37)33-28-8-18-5-23(9-28)36(24(6-18)10-28)26-4-3-19(12-30-26)25-7-20(22-14-31-34(2)15-22)16-35-27(25)21(11-29)13-32-35/h3-4,7,12-16,18,23-24H,5-6,8-10H2,1-2H3,(H,33,37). The maximum Gasteiger partial charge on any atom is 0.217 e. The minimum atomic E-state index is -0.0488. The fraction of sp³-hybridized carbons (Fsp3) is 0.393. The van der Waals surface area contributed by atoms with Gasteiger partial charge < -0.3 is 10.2 Å². The average Bonchev–Trinajstić information content (AvgIpc) is 3.48. The molecule has 2 unspecified atom stereocenters. The van der Waals surface area contributed by atoms with Gasteiger partial charge in [0.25, 0.3) is 0 Å². The second kappa shape index (κ2) is 7.90. The number of pyridine rings is 2. The van der Waals surface area contributed by atoms with Gasteiger partial charge in [-0.1, -0.05) is 0 Å². The molecule has 2 aliphatic carbocycles. The zero-order valence-corrected chi connectivity index (χ0v) is 20.9. The van der Waals surface area contributed by atoms with Crippen molar-refractivity contribution in [3.63, 3.8) is 0 Å². The van der Waals surface area contributed by atoms with Crippen LogP contribution < -0.4 is 10.2 Å². The number of amides is 1. The molecular formula is C28H28N8O. The average molecular weight is 493 g/mol. The Morgan fingerprint density at radius 2 is 1.86 bits per heavy atom. The van der Waals surface area contributed by atoms with E-state index < -0.39 is 0 Å². The number of hydrogen-bond acceptors (Lipinski definition) is 6. The van der Waals surface area contributed by atoms with E-state index in [1.165, 1.54) is 0 Å². The summed E-state index contributed by atoms with van der Waals surface area (Å²) in [6.07, 6.45) is 14.7. The van der Waals surface area contributed by atoms with Gasteiger partial charge in [-0.2, -0.15) is 15.5 Å². The molecule has 8 rings (SSSR count). The summed E-state index contributed by atoms with van der Waals surface area (Å²) in [6, 6.07) is 9.38. The van der Waals surface area contributed by atoms with E-state index in [-0.39, 0.29) is 11.4 Å². The summed E-state index contributed by atoms with van der Waals surface area (Å²) in [4.78, 5) is 19.4. The van der Waals surface area contributed by atoms with Gasteiger partial charge in [0.15, 0.2) is 0 Å². The van der Waals surface area contributed by atoms with Gasteiger partial charge in [-0.15, -0.1) is 0 Å². The van der Waals surface area contributed by atoms with Crippen LogP contribution in [0.25, 0.3) is 27.8 Å². The topological polar surface area (TPSA) is 104 Å². The Kier molecular flexibility index (Phi) is 4.71. The van der Waals surface area contributed by atoms with Gasteiger partial charge in [0.2, 0.25) is 5.91 Å². The van der Waals surface area contributed by atoms with Crippen LogP contribution in [0.3, 0.4) is 0 Å². The highest BCUT2D eigenvalue weighted by atomic mass is 16.1. The maximum atomic E-state index is 11.9. The fourth-order valence-corrected chi connectivity index (χ4v) is 7.38. The number of nitriles is 1. The molecule has 0 radical (unpaired) electrons. The summed E-state index contributed by atoms with van der Waals surface area (Å²) in [7, 11) is 1.89. The molecule has 1 N–H and O–H groups in total. The van der Waals surface area contributed by atoms with E-state index >= 15 is 0 Å². The molecule has 4 aromatic rings. The summed E-state index contributed by atoms with van der Waals surface area (Å²) >= 11 is 0. The van der Waals surface area contributed by atoms with Crippen LogP contribution in [-0.2, 0) is 11.8 Å². The van der Waals surface area contributed by atoms with Gasteiger partial charge in [-0.3, -0.25) is 9.48 Å². The van der Waals surface area contributed by atoms with Gasteiger partial charge >= 0.3 is 0 Å². The predicted molar refractivity (Wildman–Crippen MR) is 139 cm³/mol. The van der Waals surface area contributed by atoms with Crippen LogP contribution in [0.4, 0.5) is 5.82 Å². The normalized spacial score (nSPS) is 26.0. The minimum Gasteiger partial charge on any atom is -0.351 e. The molecule has 0 aromatic carbocycles. The molecule has 6 heterocycles. The Hall–Kier alpha value is -4.19. The van der Waals surface area contributed by atoms with Crippen LogP contribution >= 0.6 is 0 Å². The monoisotopic (exact) mass is 492 g/mol. The summed E-state index contributed by atoms with van der Waals surface area (Å²) in [5.41, 5.74) is 5.07. The lowest BCUT2D eigenvalue weighted by Crippen LogP contribution is -2.69. The minimum absolute atomic E-state index is 0.0488. The maximum absolute atomic E-state index is 11.9. The van der Waals surface area contributed by atoms with Gasteiger partial charge in [-0.05, 0) is 56.2 Å². The SMILES string of the molecule is CC(=O)NC12CC3CC(C1)N(c1ccc(-c4cc(-c5cnn(C)c5)cn5ncc(C#N)c45)cn1)C(C3)C2. The summed E-state index contributed by atoms with van der Waals surface area (Å²) < 4.78 is 3.54. The molecule has 4 bridgehead atoms. The number of carbonyl (C=O) groups is 1. The molecule has 186 valence electrons. The number of anilines is 1. The number of rotatable bonds is 4. The highest BCUT2D eigenvalue weighted by Gasteiger charge is 2.55. The predicted octanol–water partition coefficient (Wildman–Crippen LogP) is 3.69. The molecule has 37 heavy (non-hydrogen) atoms. The smallest absolute Gasteiger partial charge is 0.217 e. The second-order valence-corrected chi connectivity index (χ2v) is 11.0. The molecule has 2 atom stereocenters. The van der Waals surface area contributed by atoms with E-state index in [9.17, 15) is 10.1 Å². The summed E-state index contributed by atoms with van der Waals surface area (Å²) in [6.45, 7) is 1.63. The number of hydrogen-bond donors (Lipinski definition) is 1. The first-order valence-electron chi connectivity index (χ1n) is 12.9. The van der Waals surface area contributed by atoms with E-state index in [1.54, 1.807) is 22.3 Å². The number of nitrogens with zero attached hydrogens (tertiary/aromatic N) is 7.